The lowest BCUT2D eigenvalue weighted by Gasteiger charge is -2.11. The second-order valence-electron chi connectivity index (χ2n) is 3.37. The molecule has 1 atom stereocenters. The predicted octanol–water partition coefficient (Wildman–Crippen LogP) is 1.82. The van der Waals surface area contributed by atoms with Crippen molar-refractivity contribution in [3.63, 3.8) is 0 Å². The Labute approximate surface area is 93.0 Å². The van der Waals surface area contributed by atoms with Crippen molar-refractivity contribution < 1.29 is 0 Å². The second-order valence-corrected chi connectivity index (χ2v) is 4.29. The van der Waals surface area contributed by atoms with Crippen LogP contribution in [0.25, 0.3) is 0 Å². The minimum absolute atomic E-state index is 0.314. The van der Waals surface area contributed by atoms with Crippen molar-refractivity contribution in [1.29, 1.82) is 0 Å². The van der Waals surface area contributed by atoms with Gasteiger partial charge in [-0.1, -0.05) is 6.07 Å². The fourth-order valence-corrected chi connectivity index (χ4v) is 2.27. The third-order valence-corrected chi connectivity index (χ3v) is 3.23. The van der Waals surface area contributed by atoms with Gasteiger partial charge in [0.25, 0.3) is 0 Å². The molecule has 2 aromatic heterocycles. The number of pyridine rings is 1. The van der Waals surface area contributed by atoms with Gasteiger partial charge in [0.2, 0.25) is 0 Å². The van der Waals surface area contributed by atoms with Crippen LogP contribution >= 0.6 is 11.3 Å². The first-order valence-corrected chi connectivity index (χ1v) is 5.76. The summed E-state index contributed by atoms with van der Waals surface area (Å²) in [7, 11) is 0. The molecule has 3 nitrogen and oxygen atoms in total. The first kappa shape index (κ1) is 10.3. The quantitative estimate of drug-likeness (QED) is 0.853. The van der Waals surface area contributed by atoms with E-state index in [1.807, 2.05) is 23.8 Å². The summed E-state index contributed by atoms with van der Waals surface area (Å²) in [5.41, 5.74) is 6.97. The van der Waals surface area contributed by atoms with Crippen LogP contribution in [0.4, 0.5) is 0 Å². The van der Waals surface area contributed by atoms with E-state index < -0.39 is 0 Å². The lowest BCUT2D eigenvalue weighted by molar-refractivity contribution is 0.687. The first-order chi connectivity index (χ1) is 7.40. The maximum Gasteiger partial charge on any atom is 0.0971 e. The van der Waals surface area contributed by atoms with Crippen LogP contribution in [0.3, 0.4) is 0 Å². The van der Waals surface area contributed by atoms with Crippen LogP contribution in [0.5, 0.6) is 0 Å². The summed E-state index contributed by atoms with van der Waals surface area (Å²) in [6.07, 6.45) is 6.41. The molecule has 0 fully saturated rings. The van der Waals surface area contributed by atoms with Crippen molar-refractivity contribution in [1.82, 2.24) is 9.97 Å². The zero-order chi connectivity index (χ0) is 10.5. The Balaban J connectivity index is 2.10. The molecule has 0 spiro atoms. The molecule has 0 aliphatic carbocycles. The van der Waals surface area contributed by atoms with Gasteiger partial charge in [0.15, 0.2) is 0 Å². The number of hydrogen-bond donors (Lipinski definition) is 1. The van der Waals surface area contributed by atoms with E-state index in [9.17, 15) is 0 Å². The first-order valence-electron chi connectivity index (χ1n) is 4.88. The molecule has 0 aliphatic rings. The van der Waals surface area contributed by atoms with E-state index in [-0.39, 0.29) is 0 Å². The van der Waals surface area contributed by atoms with Crippen LogP contribution in [-0.4, -0.2) is 16.5 Å². The van der Waals surface area contributed by atoms with Crippen LogP contribution in [0.15, 0.2) is 36.1 Å². The molecule has 2 N–H and O–H groups in total. The normalized spacial score (nSPS) is 12.6. The molecule has 1 unspecified atom stereocenters. The monoisotopic (exact) mass is 219 g/mol. The van der Waals surface area contributed by atoms with Crippen LogP contribution < -0.4 is 5.73 Å². The number of nitrogens with two attached hydrogens (primary N) is 1. The molecule has 2 aromatic rings. The minimum atomic E-state index is 0.314. The van der Waals surface area contributed by atoms with E-state index in [4.69, 9.17) is 5.73 Å². The number of aromatic nitrogens is 2. The van der Waals surface area contributed by atoms with Gasteiger partial charge in [0.1, 0.15) is 0 Å². The summed E-state index contributed by atoms with van der Waals surface area (Å²) < 4.78 is 0. The van der Waals surface area contributed by atoms with Gasteiger partial charge in [-0.25, -0.2) is 4.98 Å². The van der Waals surface area contributed by atoms with Crippen molar-refractivity contribution in [3.8, 4) is 0 Å². The SMILES string of the molecule is NCC(Cc1cccnc1)c1nccs1. The van der Waals surface area contributed by atoms with Gasteiger partial charge in [0.05, 0.1) is 5.01 Å². The largest absolute Gasteiger partial charge is 0.330 e. The third-order valence-electron chi connectivity index (χ3n) is 2.29. The lowest BCUT2D eigenvalue weighted by Crippen LogP contribution is -2.14. The van der Waals surface area contributed by atoms with Crippen molar-refractivity contribution in [3.05, 3.63) is 46.7 Å². The maximum atomic E-state index is 5.76. The molecule has 0 amide bonds. The molecular weight excluding hydrogens is 206 g/mol. The average Bonchev–Trinajstić information content (AvgIpc) is 2.81. The summed E-state index contributed by atoms with van der Waals surface area (Å²) in [5, 5.41) is 3.10. The molecule has 78 valence electrons. The lowest BCUT2D eigenvalue weighted by atomic mass is 10.0. The maximum absolute atomic E-state index is 5.76. The van der Waals surface area contributed by atoms with Crippen LogP contribution in [0.1, 0.15) is 16.5 Å². The highest BCUT2D eigenvalue weighted by molar-refractivity contribution is 7.09. The third kappa shape index (κ3) is 2.61. The molecule has 2 rings (SSSR count). The number of rotatable bonds is 4. The molecule has 15 heavy (non-hydrogen) atoms. The molecule has 2 heterocycles. The Morgan fingerprint density at radius 3 is 2.93 bits per heavy atom. The molecule has 0 aliphatic heterocycles. The van der Waals surface area contributed by atoms with E-state index >= 15 is 0 Å². The van der Waals surface area contributed by atoms with Crippen molar-refractivity contribution in [2.75, 3.05) is 6.54 Å². The van der Waals surface area contributed by atoms with Crippen LogP contribution in [-0.2, 0) is 6.42 Å². The van der Waals surface area contributed by atoms with E-state index in [0.29, 0.717) is 12.5 Å². The van der Waals surface area contributed by atoms with Crippen LogP contribution in [0, 0.1) is 0 Å². The fourth-order valence-electron chi connectivity index (χ4n) is 1.51. The van der Waals surface area contributed by atoms with Gasteiger partial charge >= 0.3 is 0 Å². The summed E-state index contributed by atoms with van der Waals surface area (Å²) in [5.74, 6) is 0.314. The second kappa shape index (κ2) is 5.00. The Morgan fingerprint density at radius 1 is 1.40 bits per heavy atom. The van der Waals surface area contributed by atoms with Gasteiger partial charge < -0.3 is 5.73 Å². The smallest absolute Gasteiger partial charge is 0.0971 e. The van der Waals surface area contributed by atoms with Crippen molar-refractivity contribution in [2.24, 2.45) is 5.73 Å². The summed E-state index contributed by atoms with van der Waals surface area (Å²) in [4.78, 5) is 8.40. The molecule has 0 radical (unpaired) electrons. The van der Waals surface area contributed by atoms with E-state index in [1.54, 1.807) is 17.5 Å². The highest BCUT2D eigenvalue weighted by Crippen LogP contribution is 2.21. The predicted molar refractivity (Wildman–Crippen MR) is 61.9 cm³/mol. The van der Waals surface area contributed by atoms with E-state index in [2.05, 4.69) is 16.0 Å². The molecule has 0 saturated carbocycles. The van der Waals surface area contributed by atoms with Gasteiger partial charge in [-0.3, -0.25) is 4.98 Å². The van der Waals surface area contributed by atoms with Gasteiger partial charge in [-0.05, 0) is 18.1 Å². The molecule has 0 saturated heterocycles. The fraction of sp³-hybridized carbons (Fsp3) is 0.273. The molecular formula is C11H13N3S. The number of nitrogens with zero attached hydrogens (tertiary/aromatic N) is 2. The van der Waals surface area contributed by atoms with Crippen molar-refractivity contribution in [2.45, 2.75) is 12.3 Å². The summed E-state index contributed by atoms with van der Waals surface area (Å²) >= 11 is 1.66. The highest BCUT2D eigenvalue weighted by atomic mass is 32.1. The Kier molecular flexibility index (Phi) is 3.42. The summed E-state index contributed by atoms with van der Waals surface area (Å²) in [6.45, 7) is 0.627. The number of hydrogen-bond acceptors (Lipinski definition) is 4. The zero-order valence-electron chi connectivity index (χ0n) is 8.34. The molecule has 0 bridgehead atoms. The summed E-state index contributed by atoms with van der Waals surface area (Å²) in [6, 6.07) is 4.02. The topological polar surface area (TPSA) is 51.8 Å². The van der Waals surface area contributed by atoms with E-state index in [1.165, 1.54) is 5.56 Å². The average molecular weight is 219 g/mol. The van der Waals surface area contributed by atoms with Gasteiger partial charge in [-0.15, -0.1) is 11.3 Å². The zero-order valence-corrected chi connectivity index (χ0v) is 9.15. The van der Waals surface area contributed by atoms with Gasteiger partial charge in [0, 0.05) is 36.4 Å². The van der Waals surface area contributed by atoms with E-state index in [0.717, 1.165) is 11.4 Å². The van der Waals surface area contributed by atoms with Crippen LogP contribution in [0.2, 0.25) is 0 Å². The molecule has 0 aromatic carbocycles. The molecule has 4 heteroatoms. The highest BCUT2D eigenvalue weighted by Gasteiger charge is 2.12. The Bertz CT molecular complexity index is 385. The Hall–Kier alpha value is -1.26. The minimum Gasteiger partial charge on any atom is -0.330 e. The Morgan fingerprint density at radius 2 is 2.33 bits per heavy atom. The van der Waals surface area contributed by atoms with Gasteiger partial charge in [-0.2, -0.15) is 0 Å². The number of thiazole rings is 1. The van der Waals surface area contributed by atoms with Crippen molar-refractivity contribution >= 4 is 11.3 Å². The standard InChI is InChI=1S/C11H13N3S/c12-7-10(11-14-4-5-15-11)6-9-2-1-3-13-8-9/h1-5,8,10H,6-7,12H2.